The molecule has 1 aromatic carbocycles. The molecular weight excluding hydrogens is 403 g/mol. The van der Waals surface area contributed by atoms with Gasteiger partial charge in [0.05, 0.1) is 11.6 Å². The van der Waals surface area contributed by atoms with Gasteiger partial charge in [-0.2, -0.15) is 0 Å². The molecule has 2 rings (SSSR count). The smallest absolute Gasteiger partial charge is 0.253 e. The maximum atomic E-state index is 12.6. The number of halogens is 2. The van der Waals surface area contributed by atoms with Gasteiger partial charge in [-0.15, -0.1) is 0 Å². The first kappa shape index (κ1) is 17.0. The average molecular weight is 423 g/mol. The third kappa shape index (κ3) is 4.81. The number of methoxy groups -OCH3 is 1. The van der Waals surface area contributed by atoms with Crippen molar-refractivity contribution in [3.8, 4) is 0 Å². The highest BCUT2D eigenvalue weighted by molar-refractivity contribution is 14.1. The minimum absolute atomic E-state index is 0.0712. The number of benzene rings is 1. The molecule has 0 radical (unpaired) electrons. The normalized spacial score (nSPS) is 16.8. The molecule has 6 heteroatoms. The molecule has 1 aliphatic rings. The van der Waals surface area contributed by atoms with E-state index in [1.807, 2.05) is 17.0 Å². The van der Waals surface area contributed by atoms with Gasteiger partial charge in [0.1, 0.15) is 0 Å². The third-order valence-electron chi connectivity index (χ3n) is 3.65. The summed E-state index contributed by atoms with van der Waals surface area (Å²) in [6.45, 7) is 5.13. The molecule has 1 aliphatic heterocycles. The lowest BCUT2D eigenvalue weighted by Crippen LogP contribution is -2.36. The first-order valence-corrected chi connectivity index (χ1v) is 8.53. The van der Waals surface area contributed by atoms with E-state index in [4.69, 9.17) is 16.3 Å². The van der Waals surface area contributed by atoms with E-state index in [1.54, 1.807) is 13.2 Å². The fourth-order valence-corrected chi connectivity index (χ4v) is 2.95. The average Bonchev–Trinajstić information content (AvgIpc) is 2.73. The van der Waals surface area contributed by atoms with Crippen molar-refractivity contribution < 1.29 is 9.53 Å². The van der Waals surface area contributed by atoms with Crippen LogP contribution in [0.4, 0.5) is 0 Å². The van der Waals surface area contributed by atoms with Gasteiger partial charge in [0.15, 0.2) is 0 Å². The van der Waals surface area contributed by atoms with Crippen molar-refractivity contribution in [3.63, 3.8) is 0 Å². The maximum Gasteiger partial charge on any atom is 0.253 e. The second-order valence-electron chi connectivity index (χ2n) is 5.11. The van der Waals surface area contributed by atoms with Gasteiger partial charge in [-0.05, 0) is 53.8 Å². The first-order chi connectivity index (χ1) is 10.1. The molecule has 0 N–H and O–H groups in total. The van der Waals surface area contributed by atoms with Crippen molar-refractivity contribution in [3.05, 3.63) is 32.4 Å². The Balaban J connectivity index is 1.98. The fourth-order valence-electron chi connectivity index (χ4n) is 2.43. The van der Waals surface area contributed by atoms with Gasteiger partial charge < -0.3 is 9.64 Å². The van der Waals surface area contributed by atoms with Crippen molar-refractivity contribution in [2.75, 3.05) is 46.4 Å². The Hall–Kier alpha value is -0.370. The maximum absolute atomic E-state index is 12.6. The largest absolute Gasteiger partial charge is 0.383 e. The molecule has 1 saturated heterocycles. The molecule has 1 amide bonds. The van der Waals surface area contributed by atoms with Gasteiger partial charge >= 0.3 is 0 Å². The highest BCUT2D eigenvalue weighted by atomic mass is 127. The number of nitrogens with zero attached hydrogens (tertiary/aromatic N) is 2. The minimum Gasteiger partial charge on any atom is -0.383 e. The van der Waals surface area contributed by atoms with Crippen LogP contribution in [0.2, 0.25) is 5.02 Å². The lowest BCUT2D eigenvalue weighted by molar-refractivity contribution is 0.0759. The standard InChI is InChI=1S/C15H20ClIN2O2/c1-21-10-9-18-5-2-6-19(8-7-18)15(20)12-3-4-14(17)13(16)11-12/h3-4,11H,2,5-10H2,1H3. The predicted octanol–water partition coefficient (Wildman–Crippen LogP) is 2.74. The second kappa shape index (κ2) is 8.31. The van der Waals surface area contributed by atoms with Crippen LogP contribution in [0, 0.1) is 3.57 Å². The second-order valence-corrected chi connectivity index (χ2v) is 6.68. The van der Waals surface area contributed by atoms with Crippen molar-refractivity contribution >= 4 is 40.1 Å². The summed E-state index contributed by atoms with van der Waals surface area (Å²) in [5.74, 6) is 0.0712. The van der Waals surface area contributed by atoms with Gasteiger partial charge in [-0.1, -0.05) is 11.6 Å². The lowest BCUT2D eigenvalue weighted by Gasteiger charge is -2.22. The summed E-state index contributed by atoms with van der Waals surface area (Å²) in [4.78, 5) is 16.8. The van der Waals surface area contributed by atoms with Crippen LogP contribution in [-0.2, 0) is 4.74 Å². The monoisotopic (exact) mass is 422 g/mol. The number of carbonyl (C=O) groups is 1. The Kier molecular flexibility index (Phi) is 6.73. The molecule has 0 bridgehead atoms. The molecule has 1 aromatic rings. The number of rotatable bonds is 4. The van der Waals surface area contributed by atoms with Crippen LogP contribution in [0.25, 0.3) is 0 Å². The van der Waals surface area contributed by atoms with E-state index >= 15 is 0 Å². The van der Waals surface area contributed by atoms with E-state index in [2.05, 4.69) is 27.5 Å². The fraction of sp³-hybridized carbons (Fsp3) is 0.533. The summed E-state index contributed by atoms with van der Waals surface area (Å²) in [6.07, 6.45) is 0.994. The zero-order valence-electron chi connectivity index (χ0n) is 12.1. The summed E-state index contributed by atoms with van der Waals surface area (Å²) in [6, 6.07) is 5.50. The van der Waals surface area contributed by atoms with Crippen LogP contribution < -0.4 is 0 Å². The molecule has 0 unspecified atom stereocenters. The molecule has 0 saturated carbocycles. The Morgan fingerprint density at radius 2 is 2.14 bits per heavy atom. The van der Waals surface area contributed by atoms with Crippen LogP contribution in [0.3, 0.4) is 0 Å². The SMILES string of the molecule is COCCN1CCCN(C(=O)c2ccc(I)c(Cl)c2)CC1. The van der Waals surface area contributed by atoms with Crippen molar-refractivity contribution in [2.45, 2.75) is 6.42 Å². The minimum atomic E-state index is 0.0712. The molecule has 0 spiro atoms. The Labute approximate surface area is 144 Å². The number of carbonyl (C=O) groups excluding carboxylic acids is 1. The molecule has 4 nitrogen and oxygen atoms in total. The summed E-state index contributed by atoms with van der Waals surface area (Å²) in [5.41, 5.74) is 0.672. The molecule has 21 heavy (non-hydrogen) atoms. The summed E-state index contributed by atoms with van der Waals surface area (Å²) < 4.78 is 6.08. The quantitative estimate of drug-likeness (QED) is 0.700. The predicted molar refractivity (Wildman–Crippen MR) is 93.0 cm³/mol. The van der Waals surface area contributed by atoms with E-state index in [9.17, 15) is 4.79 Å². The number of hydrogen-bond donors (Lipinski definition) is 0. The van der Waals surface area contributed by atoms with E-state index in [0.29, 0.717) is 10.6 Å². The molecule has 0 aliphatic carbocycles. The van der Waals surface area contributed by atoms with Gasteiger partial charge in [-0.25, -0.2) is 0 Å². The zero-order valence-corrected chi connectivity index (χ0v) is 15.1. The first-order valence-electron chi connectivity index (χ1n) is 7.07. The van der Waals surface area contributed by atoms with Crippen molar-refractivity contribution in [1.82, 2.24) is 9.80 Å². The zero-order chi connectivity index (χ0) is 15.2. The van der Waals surface area contributed by atoms with Crippen LogP contribution in [0.5, 0.6) is 0 Å². The van der Waals surface area contributed by atoms with Gasteiger partial charge in [0, 0.05) is 42.4 Å². The van der Waals surface area contributed by atoms with E-state index in [-0.39, 0.29) is 5.91 Å². The van der Waals surface area contributed by atoms with Crippen LogP contribution in [-0.4, -0.2) is 62.1 Å². The number of ether oxygens (including phenoxy) is 1. The van der Waals surface area contributed by atoms with E-state index in [1.165, 1.54) is 0 Å². The van der Waals surface area contributed by atoms with Gasteiger partial charge in [0.25, 0.3) is 5.91 Å². The van der Waals surface area contributed by atoms with Gasteiger partial charge in [0.2, 0.25) is 0 Å². The molecule has 0 aromatic heterocycles. The van der Waals surface area contributed by atoms with E-state index < -0.39 is 0 Å². The van der Waals surface area contributed by atoms with Crippen molar-refractivity contribution in [2.24, 2.45) is 0 Å². The highest BCUT2D eigenvalue weighted by Gasteiger charge is 2.20. The third-order valence-corrected chi connectivity index (χ3v) is 5.23. The van der Waals surface area contributed by atoms with Crippen molar-refractivity contribution in [1.29, 1.82) is 0 Å². The summed E-state index contributed by atoms with van der Waals surface area (Å²) in [7, 11) is 1.72. The van der Waals surface area contributed by atoms with E-state index in [0.717, 1.165) is 49.3 Å². The van der Waals surface area contributed by atoms with Crippen LogP contribution in [0.1, 0.15) is 16.8 Å². The Bertz CT molecular complexity index is 499. The summed E-state index contributed by atoms with van der Waals surface area (Å²) >= 11 is 8.27. The topological polar surface area (TPSA) is 32.8 Å². The molecule has 0 atom stereocenters. The molecule has 1 heterocycles. The van der Waals surface area contributed by atoms with Gasteiger partial charge in [-0.3, -0.25) is 9.69 Å². The molecular formula is C15H20ClIN2O2. The Morgan fingerprint density at radius 1 is 1.33 bits per heavy atom. The summed E-state index contributed by atoms with van der Waals surface area (Å²) in [5, 5.41) is 0.637. The molecule has 1 fully saturated rings. The van der Waals surface area contributed by atoms with Crippen LogP contribution >= 0.6 is 34.2 Å². The lowest BCUT2D eigenvalue weighted by atomic mass is 10.2. The highest BCUT2D eigenvalue weighted by Crippen LogP contribution is 2.20. The van der Waals surface area contributed by atoms with Crippen LogP contribution in [0.15, 0.2) is 18.2 Å². The Morgan fingerprint density at radius 3 is 2.86 bits per heavy atom. The molecule has 116 valence electrons. The number of amides is 1. The number of hydrogen-bond acceptors (Lipinski definition) is 3.